The molecular weight excluding hydrogens is 519 g/mol. The first-order chi connectivity index (χ1) is 19.6. The number of halogens is 1. The van der Waals surface area contributed by atoms with Gasteiger partial charge in [-0.2, -0.15) is 0 Å². The number of nitrogens with one attached hydrogen (secondary N) is 3. The smallest absolute Gasteiger partial charge is 0.411 e. The lowest BCUT2D eigenvalue weighted by Gasteiger charge is -2.35. The molecule has 1 unspecified atom stereocenters. The van der Waals surface area contributed by atoms with Gasteiger partial charge in [-0.1, -0.05) is 54.6 Å². The van der Waals surface area contributed by atoms with Gasteiger partial charge in [0.25, 0.3) is 5.91 Å². The van der Waals surface area contributed by atoms with Gasteiger partial charge in [0.05, 0.1) is 0 Å². The summed E-state index contributed by atoms with van der Waals surface area (Å²) >= 11 is 0. The molecule has 0 radical (unpaired) electrons. The van der Waals surface area contributed by atoms with Crippen LogP contribution in [0.25, 0.3) is 22.0 Å². The standard InChI is InChI=1S/C33H35FN4O3/c1-33(2,3)41-32(40)36-27-15-16-38(21-22-7-5-4-6-8-22)28(19-27)20-35-31(39)30-18-25-10-9-24(17-29(25)37-30)23-11-13-26(34)14-12-23/h4-14,17-19,28,37H,15-16,20-21H2,1-3H3,(H,35,39)(H,36,40). The van der Waals surface area contributed by atoms with E-state index in [1.54, 1.807) is 12.1 Å². The number of hydrogen-bond acceptors (Lipinski definition) is 4. The van der Waals surface area contributed by atoms with Crippen LogP contribution >= 0.6 is 0 Å². The fraction of sp³-hybridized carbons (Fsp3) is 0.273. The Morgan fingerprint density at radius 2 is 1.73 bits per heavy atom. The lowest BCUT2D eigenvalue weighted by molar-refractivity contribution is 0.0538. The number of fused-ring (bicyclic) bond motifs is 1. The summed E-state index contributed by atoms with van der Waals surface area (Å²) in [5, 5.41) is 6.86. The number of H-pyrrole nitrogens is 1. The number of amides is 2. The van der Waals surface area contributed by atoms with E-state index in [4.69, 9.17) is 4.74 Å². The van der Waals surface area contributed by atoms with Crippen LogP contribution in [0.5, 0.6) is 0 Å². The molecule has 0 saturated heterocycles. The second kappa shape index (κ2) is 12.0. The summed E-state index contributed by atoms with van der Waals surface area (Å²) in [6.45, 7) is 7.29. The van der Waals surface area contributed by atoms with Crippen molar-refractivity contribution in [2.45, 2.75) is 45.4 Å². The number of hydrogen-bond donors (Lipinski definition) is 3. The van der Waals surface area contributed by atoms with Crippen molar-refractivity contribution in [2.24, 2.45) is 0 Å². The molecule has 1 aliphatic rings. The van der Waals surface area contributed by atoms with E-state index >= 15 is 0 Å². The monoisotopic (exact) mass is 554 g/mol. The Morgan fingerprint density at radius 3 is 2.46 bits per heavy atom. The highest BCUT2D eigenvalue weighted by atomic mass is 19.1. The van der Waals surface area contributed by atoms with Gasteiger partial charge in [-0.15, -0.1) is 0 Å². The molecule has 0 fully saturated rings. The van der Waals surface area contributed by atoms with Gasteiger partial charge in [-0.05, 0) is 67.8 Å². The van der Waals surface area contributed by atoms with Crippen LogP contribution in [0.3, 0.4) is 0 Å². The van der Waals surface area contributed by atoms with E-state index in [0.29, 0.717) is 18.7 Å². The van der Waals surface area contributed by atoms with Crippen molar-refractivity contribution >= 4 is 22.9 Å². The number of alkyl carbamates (subject to hydrolysis) is 1. The zero-order valence-electron chi connectivity index (χ0n) is 23.5. The number of aromatic nitrogens is 1. The summed E-state index contributed by atoms with van der Waals surface area (Å²) in [6.07, 6.45) is 2.17. The van der Waals surface area contributed by atoms with Crippen molar-refractivity contribution in [3.63, 3.8) is 0 Å². The molecule has 2 heterocycles. The third-order valence-corrected chi connectivity index (χ3v) is 6.94. The van der Waals surface area contributed by atoms with Crippen LogP contribution in [0.4, 0.5) is 9.18 Å². The maximum absolute atomic E-state index is 13.3. The predicted octanol–water partition coefficient (Wildman–Crippen LogP) is 6.39. The lowest BCUT2D eigenvalue weighted by Crippen LogP contribution is -2.46. The van der Waals surface area contributed by atoms with Gasteiger partial charge in [0, 0.05) is 48.7 Å². The first-order valence-electron chi connectivity index (χ1n) is 13.8. The maximum Gasteiger partial charge on any atom is 0.411 e. The molecule has 3 aromatic carbocycles. The van der Waals surface area contributed by atoms with E-state index in [1.807, 2.05) is 69.3 Å². The molecule has 0 aliphatic carbocycles. The van der Waals surface area contributed by atoms with Gasteiger partial charge in [-0.25, -0.2) is 9.18 Å². The summed E-state index contributed by atoms with van der Waals surface area (Å²) in [7, 11) is 0. The molecule has 0 saturated carbocycles. The minimum absolute atomic E-state index is 0.132. The highest BCUT2D eigenvalue weighted by molar-refractivity contribution is 5.98. The number of benzene rings is 3. The number of aromatic amines is 1. The van der Waals surface area contributed by atoms with Crippen molar-refractivity contribution in [1.82, 2.24) is 20.5 Å². The summed E-state index contributed by atoms with van der Waals surface area (Å²) in [4.78, 5) is 31.1. The summed E-state index contributed by atoms with van der Waals surface area (Å²) in [5.41, 5.74) is 4.47. The fourth-order valence-corrected chi connectivity index (χ4v) is 4.96. The Balaban J connectivity index is 1.30. The Hall–Kier alpha value is -4.43. The number of carbonyl (C=O) groups is 2. The molecule has 2 amide bonds. The van der Waals surface area contributed by atoms with Crippen molar-refractivity contribution in [1.29, 1.82) is 0 Å². The van der Waals surface area contributed by atoms with E-state index < -0.39 is 11.7 Å². The zero-order chi connectivity index (χ0) is 29.0. The van der Waals surface area contributed by atoms with Crippen LogP contribution in [0.15, 0.2) is 90.6 Å². The fourth-order valence-electron chi connectivity index (χ4n) is 4.96. The summed E-state index contributed by atoms with van der Waals surface area (Å²) in [6, 6.07) is 24.1. The molecule has 3 N–H and O–H groups in total. The van der Waals surface area contributed by atoms with Crippen LogP contribution in [-0.4, -0.2) is 46.6 Å². The quantitative estimate of drug-likeness (QED) is 0.247. The van der Waals surface area contributed by atoms with Crippen LogP contribution in [0, 0.1) is 5.82 Å². The third kappa shape index (κ3) is 7.41. The van der Waals surface area contributed by atoms with E-state index in [2.05, 4.69) is 32.7 Å². The Kier molecular flexibility index (Phi) is 8.21. The first-order valence-corrected chi connectivity index (χ1v) is 13.8. The van der Waals surface area contributed by atoms with E-state index in [0.717, 1.165) is 40.8 Å². The molecule has 1 aliphatic heterocycles. The minimum Gasteiger partial charge on any atom is -0.444 e. The third-order valence-electron chi connectivity index (χ3n) is 6.94. The molecule has 8 heteroatoms. The average molecular weight is 555 g/mol. The van der Waals surface area contributed by atoms with Crippen molar-refractivity contribution < 1.29 is 18.7 Å². The SMILES string of the molecule is CC(C)(C)OC(=O)NC1=CC(CNC(=O)c2cc3ccc(-c4ccc(F)cc4)cc3[nH]2)N(Cc2ccccc2)CC1. The van der Waals surface area contributed by atoms with E-state index in [1.165, 1.54) is 17.7 Å². The molecule has 0 spiro atoms. The van der Waals surface area contributed by atoms with E-state index in [9.17, 15) is 14.0 Å². The topological polar surface area (TPSA) is 86.5 Å². The average Bonchev–Trinajstić information content (AvgIpc) is 3.36. The number of nitrogens with zero attached hydrogens (tertiary/aromatic N) is 1. The molecule has 5 rings (SSSR count). The second-order valence-electron chi connectivity index (χ2n) is 11.3. The second-order valence-corrected chi connectivity index (χ2v) is 11.3. The van der Waals surface area contributed by atoms with Gasteiger partial charge < -0.3 is 15.0 Å². The molecule has 0 bridgehead atoms. The highest BCUT2D eigenvalue weighted by Gasteiger charge is 2.25. The zero-order valence-corrected chi connectivity index (χ0v) is 23.5. The maximum atomic E-state index is 13.3. The van der Waals surface area contributed by atoms with Gasteiger partial charge in [0.15, 0.2) is 0 Å². The normalized spacial score (nSPS) is 15.8. The lowest BCUT2D eigenvalue weighted by atomic mass is 10.0. The Bertz CT molecular complexity index is 1560. The Labute approximate surface area is 239 Å². The molecule has 212 valence electrons. The van der Waals surface area contributed by atoms with Crippen molar-refractivity contribution in [3.05, 3.63) is 108 Å². The van der Waals surface area contributed by atoms with Crippen LogP contribution in [-0.2, 0) is 11.3 Å². The van der Waals surface area contributed by atoms with Crippen molar-refractivity contribution in [2.75, 3.05) is 13.1 Å². The molecule has 1 atom stereocenters. The van der Waals surface area contributed by atoms with Gasteiger partial charge >= 0.3 is 6.09 Å². The highest BCUT2D eigenvalue weighted by Crippen LogP contribution is 2.25. The largest absolute Gasteiger partial charge is 0.444 e. The number of rotatable bonds is 7. The van der Waals surface area contributed by atoms with Crippen LogP contribution < -0.4 is 10.6 Å². The molecule has 7 nitrogen and oxygen atoms in total. The minimum atomic E-state index is -0.592. The van der Waals surface area contributed by atoms with E-state index in [-0.39, 0.29) is 17.8 Å². The molecular formula is C33H35FN4O3. The van der Waals surface area contributed by atoms with Gasteiger partial charge in [-0.3, -0.25) is 15.0 Å². The first kappa shape index (κ1) is 28.1. The van der Waals surface area contributed by atoms with Gasteiger partial charge in [0.2, 0.25) is 0 Å². The predicted molar refractivity (Wildman–Crippen MR) is 159 cm³/mol. The van der Waals surface area contributed by atoms with Crippen LogP contribution in [0.1, 0.15) is 43.2 Å². The number of carbonyl (C=O) groups excluding carboxylic acids is 2. The summed E-state index contributed by atoms with van der Waals surface area (Å²) < 4.78 is 18.8. The van der Waals surface area contributed by atoms with Crippen molar-refractivity contribution in [3.8, 4) is 11.1 Å². The molecule has 1 aromatic heterocycles. The molecule has 41 heavy (non-hydrogen) atoms. The molecule has 4 aromatic rings. The summed E-state index contributed by atoms with van der Waals surface area (Å²) in [5.74, 6) is -0.499. The van der Waals surface area contributed by atoms with Crippen LogP contribution in [0.2, 0.25) is 0 Å². The Morgan fingerprint density at radius 1 is 1.00 bits per heavy atom. The van der Waals surface area contributed by atoms with Gasteiger partial charge in [0.1, 0.15) is 17.1 Å². The number of ether oxygens (including phenoxy) is 1.